The van der Waals surface area contributed by atoms with E-state index in [9.17, 15) is 5.11 Å². The van der Waals surface area contributed by atoms with Gasteiger partial charge in [-0.3, -0.25) is 9.69 Å². The molecule has 3 rings (SSSR count). The van der Waals surface area contributed by atoms with Crippen LogP contribution in [-0.2, 0) is 15.1 Å². The van der Waals surface area contributed by atoms with E-state index >= 15 is 0 Å². The van der Waals surface area contributed by atoms with Crippen LogP contribution in [0.15, 0.2) is 52.8 Å². The number of benzene rings is 1. The normalized spacial score (nSPS) is 24.6. The summed E-state index contributed by atoms with van der Waals surface area (Å²) in [5, 5.41) is 14.5. The number of ether oxygens (including phenoxy) is 2. The fourth-order valence-electron chi connectivity index (χ4n) is 5.73. The smallest absolute Gasteiger partial charge is 0.206 e. The van der Waals surface area contributed by atoms with E-state index in [1.165, 1.54) is 16.7 Å². The molecule has 2 N–H and O–H groups in total. The van der Waals surface area contributed by atoms with Gasteiger partial charge in [-0.25, -0.2) is 0 Å². The van der Waals surface area contributed by atoms with Crippen LogP contribution >= 0.6 is 11.6 Å². The Labute approximate surface area is 228 Å². The van der Waals surface area contributed by atoms with Crippen molar-refractivity contribution < 1.29 is 19.4 Å². The molecule has 2 heterocycles. The lowest BCUT2D eigenvalue weighted by Gasteiger charge is -2.44. The molecule has 206 valence electrons. The molecule has 0 aromatic heterocycles. The molecule has 0 radical (unpaired) electrons. The molecule has 0 aliphatic carbocycles. The number of nitrogens with zero attached hydrogens (tertiary/aromatic N) is 1. The van der Waals surface area contributed by atoms with Gasteiger partial charge in [0.1, 0.15) is 5.75 Å². The molecule has 2 saturated heterocycles. The number of piperidine rings is 1. The Balaban J connectivity index is 0.00000112. The SMILES string of the molecule is CNC=O.C\C=C/C(CN1C2CCC1CC(O)(c1ccc(Cl)c(OC)c1)C2)=C(C)\C(CC)=C(/C)OCC. The van der Waals surface area contributed by atoms with E-state index in [0.29, 0.717) is 35.9 Å². The summed E-state index contributed by atoms with van der Waals surface area (Å²) in [6.45, 7) is 12.2. The molecule has 2 aliphatic rings. The summed E-state index contributed by atoms with van der Waals surface area (Å²) in [6, 6.07) is 6.39. The first-order valence-corrected chi connectivity index (χ1v) is 13.7. The number of hydrogen-bond donors (Lipinski definition) is 2. The number of carbonyl (C=O) groups excluding carboxylic acids is 1. The minimum atomic E-state index is -0.847. The number of fused-ring (bicyclic) bond motifs is 2. The molecule has 1 amide bonds. The highest BCUT2D eigenvalue weighted by molar-refractivity contribution is 6.32. The van der Waals surface area contributed by atoms with Crippen LogP contribution < -0.4 is 10.1 Å². The highest BCUT2D eigenvalue weighted by atomic mass is 35.5. The number of allylic oxidation sites excluding steroid dienone is 4. The van der Waals surface area contributed by atoms with Crippen molar-refractivity contribution in [2.45, 2.75) is 84.4 Å². The summed E-state index contributed by atoms with van der Waals surface area (Å²) in [6.07, 6.45) is 9.64. The number of rotatable bonds is 10. The van der Waals surface area contributed by atoms with Gasteiger partial charge in [0.25, 0.3) is 0 Å². The maximum Gasteiger partial charge on any atom is 0.206 e. The first-order valence-electron chi connectivity index (χ1n) is 13.3. The zero-order valence-electron chi connectivity index (χ0n) is 23.6. The zero-order valence-corrected chi connectivity index (χ0v) is 24.3. The van der Waals surface area contributed by atoms with Crippen LogP contribution in [0, 0.1) is 0 Å². The molecule has 6 nitrogen and oxygen atoms in total. The summed E-state index contributed by atoms with van der Waals surface area (Å²) in [7, 11) is 3.18. The van der Waals surface area contributed by atoms with E-state index in [-0.39, 0.29) is 0 Å². The lowest BCUT2D eigenvalue weighted by molar-refractivity contribution is -0.109. The Kier molecular flexibility index (Phi) is 12.2. The van der Waals surface area contributed by atoms with Gasteiger partial charge in [0.05, 0.1) is 30.1 Å². The maximum atomic E-state index is 11.7. The van der Waals surface area contributed by atoms with Crippen LogP contribution in [0.4, 0.5) is 0 Å². The molecular formula is C30H45ClN2O4. The fourth-order valence-corrected chi connectivity index (χ4v) is 5.92. The van der Waals surface area contributed by atoms with Crippen LogP contribution in [0.25, 0.3) is 0 Å². The largest absolute Gasteiger partial charge is 0.498 e. The average molecular weight is 533 g/mol. The van der Waals surface area contributed by atoms with Crippen molar-refractivity contribution in [1.29, 1.82) is 0 Å². The predicted molar refractivity (Wildman–Crippen MR) is 152 cm³/mol. The molecule has 0 saturated carbocycles. The predicted octanol–water partition coefficient (Wildman–Crippen LogP) is 6.14. The number of methoxy groups -OCH3 is 1. The second kappa shape index (κ2) is 14.6. The van der Waals surface area contributed by atoms with Crippen molar-refractivity contribution >= 4 is 18.0 Å². The second-order valence-corrected chi connectivity index (χ2v) is 10.1. The summed E-state index contributed by atoms with van der Waals surface area (Å²) in [5.74, 6) is 1.64. The molecule has 2 bridgehead atoms. The molecule has 37 heavy (non-hydrogen) atoms. The highest BCUT2D eigenvalue weighted by Gasteiger charge is 2.48. The van der Waals surface area contributed by atoms with E-state index in [1.807, 2.05) is 25.1 Å². The maximum absolute atomic E-state index is 11.7. The summed E-state index contributed by atoms with van der Waals surface area (Å²) < 4.78 is 11.3. The molecule has 2 aliphatic heterocycles. The van der Waals surface area contributed by atoms with Crippen LogP contribution in [0.1, 0.15) is 72.3 Å². The van der Waals surface area contributed by atoms with E-state index in [0.717, 1.165) is 50.0 Å². The monoisotopic (exact) mass is 532 g/mol. The molecule has 2 atom stereocenters. The first kappa shape index (κ1) is 30.9. The molecule has 2 unspecified atom stereocenters. The van der Waals surface area contributed by atoms with Gasteiger partial charge < -0.3 is 19.9 Å². The number of amides is 1. The molecule has 0 spiro atoms. The minimum absolute atomic E-state index is 0.352. The van der Waals surface area contributed by atoms with Crippen molar-refractivity contribution in [3.8, 4) is 5.75 Å². The van der Waals surface area contributed by atoms with E-state index in [1.54, 1.807) is 14.2 Å². The number of halogens is 1. The van der Waals surface area contributed by atoms with Crippen molar-refractivity contribution in [3.05, 3.63) is 63.4 Å². The zero-order chi connectivity index (χ0) is 27.6. The number of carbonyl (C=O) groups is 1. The number of aliphatic hydroxyl groups is 1. The highest BCUT2D eigenvalue weighted by Crippen LogP contribution is 2.47. The van der Waals surface area contributed by atoms with Gasteiger partial charge in [-0.15, -0.1) is 0 Å². The van der Waals surface area contributed by atoms with Crippen molar-refractivity contribution in [1.82, 2.24) is 10.2 Å². The molecule has 1 aromatic rings. The van der Waals surface area contributed by atoms with Crippen molar-refractivity contribution in [2.24, 2.45) is 0 Å². The standard InChI is InChI=1S/C28H40ClNO3.C2H5NO/c1-7-10-21(19(4)25(8-2)20(5)33-9-3)18-30-23-12-13-24(30)17-28(31,16-23)22-11-14-26(29)27(15-22)32-6;1-3-2-4/h7,10-11,14-15,23-24,31H,8-9,12-13,16-18H2,1-6H3;2H,1H3,(H,3,4)/b10-7-,21-19+,25-20+;. The Morgan fingerprint density at radius 2 is 1.86 bits per heavy atom. The van der Waals surface area contributed by atoms with Crippen molar-refractivity contribution in [2.75, 3.05) is 27.3 Å². The lowest BCUT2D eigenvalue weighted by atomic mass is 9.80. The van der Waals surface area contributed by atoms with Gasteiger partial charge in [0.15, 0.2) is 0 Å². The Hall–Kier alpha value is -2.28. The Bertz CT molecular complexity index is 987. The average Bonchev–Trinajstić information content (AvgIpc) is 3.13. The second-order valence-electron chi connectivity index (χ2n) is 9.72. The molecule has 7 heteroatoms. The third-order valence-electron chi connectivity index (χ3n) is 7.52. The van der Waals surface area contributed by atoms with Gasteiger partial charge in [-0.2, -0.15) is 0 Å². The number of nitrogens with one attached hydrogen (secondary N) is 1. The summed E-state index contributed by atoms with van der Waals surface area (Å²) >= 11 is 6.23. The van der Waals surface area contributed by atoms with Gasteiger partial charge in [0.2, 0.25) is 6.41 Å². The van der Waals surface area contributed by atoms with Crippen LogP contribution in [0.2, 0.25) is 5.02 Å². The van der Waals surface area contributed by atoms with E-state index < -0.39 is 5.60 Å². The molecule has 1 aromatic carbocycles. The Morgan fingerprint density at radius 3 is 2.35 bits per heavy atom. The topological polar surface area (TPSA) is 71.0 Å². The van der Waals surface area contributed by atoms with Crippen LogP contribution in [0.3, 0.4) is 0 Å². The molecule has 2 fully saturated rings. The van der Waals surface area contributed by atoms with Crippen LogP contribution in [-0.4, -0.2) is 55.8 Å². The number of hydrogen-bond acceptors (Lipinski definition) is 5. The Morgan fingerprint density at radius 1 is 1.24 bits per heavy atom. The minimum Gasteiger partial charge on any atom is -0.498 e. The van der Waals surface area contributed by atoms with Crippen molar-refractivity contribution in [3.63, 3.8) is 0 Å². The van der Waals surface area contributed by atoms with Gasteiger partial charge in [-0.1, -0.05) is 36.7 Å². The van der Waals surface area contributed by atoms with Gasteiger partial charge in [-0.05, 0) is 94.2 Å². The lowest BCUT2D eigenvalue weighted by Crippen LogP contribution is -2.50. The van der Waals surface area contributed by atoms with Crippen LogP contribution in [0.5, 0.6) is 5.75 Å². The third kappa shape index (κ3) is 7.62. The third-order valence-corrected chi connectivity index (χ3v) is 7.83. The summed E-state index contributed by atoms with van der Waals surface area (Å²) in [4.78, 5) is 11.7. The fraction of sp³-hybridized carbons (Fsp3) is 0.567. The van der Waals surface area contributed by atoms with Gasteiger partial charge >= 0.3 is 0 Å². The van der Waals surface area contributed by atoms with E-state index in [4.69, 9.17) is 25.9 Å². The molecular weight excluding hydrogens is 488 g/mol. The quantitative estimate of drug-likeness (QED) is 0.215. The summed E-state index contributed by atoms with van der Waals surface area (Å²) in [5.41, 5.74) is 4.00. The first-order chi connectivity index (χ1) is 17.7. The van der Waals surface area contributed by atoms with Gasteiger partial charge in [0, 0.05) is 25.7 Å². The van der Waals surface area contributed by atoms with E-state index in [2.05, 4.69) is 50.1 Å².